The summed E-state index contributed by atoms with van der Waals surface area (Å²) in [5, 5.41) is 18.0. The Labute approximate surface area is 397 Å². The average molecular weight is 935 g/mol. The van der Waals surface area contributed by atoms with Crippen LogP contribution in [0.25, 0.3) is 0 Å². The molecule has 67 heavy (non-hydrogen) atoms. The van der Waals surface area contributed by atoms with Crippen LogP contribution in [0.15, 0.2) is 103 Å². The van der Waals surface area contributed by atoms with Crippen molar-refractivity contribution in [3.05, 3.63) is 125 Å². The van der Waals surface area contributed by atoms with E-state index in [-0.39, 0.29) is 36.6 Å². The molecule has 4 amide bonds. The Bertz CT molecular complexity index is 2260. The Morgan fingerprint density at radius 2 is 1.37 bits per heavy atom. The van der Waals surface area contributed by atoms with Crippen LogP contribution in [0.4, 0.5) is 4.79 Å². The van der Waals surface area contributed by atoms with Gasteiger partial charge in [0.1, 0.15) is 30.5 Å². The summed E-state index contributed by atoms with van der Waals surface area (Å²) in [6.07, 6.45) is 1.65. The van der Waals surface area contributed by atoms with Gasteiger partial charge in [-0.3, -0.25) is 19.3 Å². The zero-order valence-electron chi connectivity index (χ0n) is 40.5. The topological polar surface area (TPSA) is 156 Å². The second-order valence-corrected chi connectivity index (χ2v) is 24.0. The Kier molecular flexibility index (Phi) is 17.1. The summed E-state index contributed by atoms with van der Waals surface area (Å²) in [4.78, 5) is 56.8. The van der Waals surface area contributed by atoms with Crippen molar-refractivity contribution in [3.63, 3.8) is 0 Å². The quantitative estimate of drug-likeness (QED) is 0.0693. The molecule has 4 aromatic carbocycles. The zero-order chi connectivity index (χ0) is 48.4. The minimum Gasteiger partial charge on any atom is -0.491 e. The molecule has 1 aliphatic carbocycles. The van der Waals surface area contributed by atoms with E-state index >= 15 is 0 Å². The van der Waals surface area contributed by atoms with Gasteiger partial charge in [-0.1, -0.05) is 133 Å². The number of ether oxygens (including phenoxy) is 3. The molecule has 1 heterocycles. The first kappa shape index (κ1) is 50.9. The van der Waals surface area contributed by atoms with Gasteiger partial charge in [-0.15, -0.1) is 0 Å². The van der Waals surface area contributed by atoms with Crippen molar-refractivity contribution in [1.29, 1.82) is 0 Å². The van der Waals surface area contributed by atoms with Gasteiger partial charge in [0.05, 0.1) is 39.1 Å². The van der Waals surface area contributed by atoms with E-state index < -0.39 is 49.8 Å². The van der Waals surface area contributed by atoms with Gasteiger partial charge in [0, 0.05) is 20.0 Å². The predicted octanol–water partition coefficient (Wildman–Crippen LogP) is 6.65. The van der Waals surface area contributed by atoms with Gasteiger partial charge in [-0.25, -0.2) is 4.79 Å². The highest BCUT2D eigenvalue weighted by molar-refractivity contribution is 6.99. The molecule has 0 saturated heterocycles. The summed E-state index contributed by atoms with van der Waals surface area (Å²) < 4.78 is 24.9. The second-order valence-electron chi connectivity index (χ2n) is 19.7. The monoisotopic (exact) mass is 934 g/mol. The third kappa shape index (κ3) is 12.3. The SMILES string of the molecule is C[C@@H](C(=O)N[C@H](C(=O)N1Cc2cc(OCCOCCOCCO[Si](c3ccccc3)(c3ccccc3)C(C)(C)C)ccc2C[C@H]1C(=O)N[C@@H]1CCCc2ccccc21)C(C)(C)C)N(C)C(=O)O. The standard InChI is InChI=1S/C53H70N4O9Si/c1-37(56(8)51(61)62)48(58)55-47(52(2,3)4)50(60)57-36-40-34-41(27-26-39(40)35-46(57)49(59)54-45-25-17-19-38-18-15-16-24-44(38)45)65-32-30-63-28-29-64-31-33-66-67(53(5,6)7,42-20-11-9-12-21-42)43-22-13-10-14-23-43/h9-16,18,20-24,26-27,34,37,45-47H,17,19,25,28-33,35-36H2,1-8H3,(H,54,59)(H,55,58)(H,61,62)/t37-,45+,46-,47+/m0/s1. The molecule has 2 aliphatic rings. The van der Waals surface area contributed by atoms with Crippen LogP contribution in [0.1, 0.15) is 89.6 Å². The van der Waals surface area contributed by atoms with Crippen LogP contribution in [-0.2, 0) is 47.7 Å². The number of carbonyl (C=O) groups is 4. The summed E-state index contributed by atoms with van der Waals surface area (Å²) in [5.74, 6) is -0.719. The number of benzene rings is 4. The molecule has 6 rings (SSSR count). The lowest BCUT2D eigenvalue weighted by molar-refractivity contribution is -0.147. The number of carbonyl (C=O) groups excluding carboxylic acids is 3. The van der Waals surface area contributed by atoms with Crippen molar-refractivity contribution in [2.24, 2.45) is 5.41 Å². The Morgan fingerprint density at radius 1 is 0.776 bits per heavy atom. The van der Waals surface area contributed by atoms with Crippen LogP contribution in [-0.4, -0.2) is 112 Å². The Balaban J connectivity index is 1.07. The van der Waals surface area contributed by atoms with E-state index in [0.29, 0.717) is 38.8 Å². The minimum absolute atomic E-state index is 0.103. The predicted molar refractivity (Wildman–Crippen MR) is 262 cm³/mol. The molecule has 0 unspecified atom stereocenters. The van der Waals surface area contributed by atoms with E-state index in [1.165, 1.54) is 29.9 Å². The molecule has 0 radical (unpaired) electrons. The van der Waals surface area contributed by atoms with E-state index in [9.17, 15) is 24.3 Å². The van der Waals surface area contributed by atoms with E-state index in [1.54, 1.807) is 4.90 Å². The summed E-state index contributed by atoms with van der Waals surface area (Å²) in [5.41, 5.74) is 3.25. The fourth-order valence-corrected chi connectivity index (χ4v) is 13.8. The second kappa shape index (κ2) is 22.5. The number of nitrogens with zero attached hydrogens (tertiary/aromatic N) is 2. The first-order chi connectivity index (χ1) is 31.9. The fourth-order valence-electron chi connectivity index (χ4n) is 9.26. The normalized spacial score (nSPS) is 17.0. The third-order valence-corrected chi connectivity index (χ3v) is 18.1. The molecule has 4 atom stereocenters. The van der Waals surface area contributed by atoms with Crippen LogP contribution in [0, 0.1) is 5.41 Å². The molecule has 13 nitrogen and oxygen atoms in total. The van der Waals surface area contributed by atoms with Crippen molar-refractivity contribution in [2.75, 3.05) is 46.7 Å². The molecular weight excluding hydrogens is 865 g/mol. The number of aryl methyl sites for hydroxylation is 1. The number of hydrogen-bond acceptors (Lipinski definition) is 8. The van der Waals surface area contributed by atoms with Gasteiger partial charge in [-0.05, 0) is 81.4 Å². The molecule has 4 aromatic rings. The number of nitrogens with one attached hydrogen (secondary N) is 2. The number of likely N-dealkylation sites (N-methyl/N-ethyl adjacent to an activating group) is 1. The molecule has 0 aromatic heterocycles. The Hall–Kier alpha value is -5.54. The van der Waals surface area contributed by atoms with E-state index in [1.807, 2.05) is 69.3 Å². The molecule has 360 valence electrons. The van der Waals surface area contributed by atoms with Gasteiger partial charge in [0.25, 0.3) is 8.32 Å². The molecule has 0 fully saturated rings. The van der Waals surface area contributed by atoms with Gasteiger partial charge >= 0.3 is 6.09 Å². The third-order valence-electron chi connectivity index (χ3n) is 13.1. The summed E-state index contributed by atoms with van der Waals surface area (Å²) >= 11 is 0. The smallest absolute Gasteiger partial charge is 0.407 e. The number of amides is 4. The van der Waals surface area contributed by atoms with Gasteiger partial charge in [0.15, 0.2) is 0 Å². The van der Waals surface area contributed by atoms with Gasteiger partial charge in [0.2, 0.25) is 17.7 Å². The molecule has 14 heteroatoms. The Morgan fingerprint density at radius 3 is 1.99 bits per heavy atom. The highest BCUT2D eigenvalue weighted by Gasteiger charge is 2.50. The summed E-state index contributed by atoms with van der Waals surface area (Å²) in [7, 11) is -1.33. The van der Waals surface area contributed by atoms with Gasteiger partial charge < -0.3 is 39.3 Å². The number of fused-ring (bicyclic) bond motifs is 2. The maximum atomic E-state index is 14.8. The first-order valence-corrected chi connectivity index (χ1v) is 25.4. The van der Waals surface area contributed by atoms with Crippen LogP contribution >= 0.6 is 0 Å². The van der Waals surface area contributed by atoms with Crippen molar-refractivity contribution in [3.8, 4) is 5.75 Å². The molecular formula is C53H70N4O9Si. The maximum absolute atomic E-state index is 14.8. The van der Waals surface area contributed by atoms with Crippen molar-refractivity contribution >= 4 is 42.5 Å². The number of carboxylic acid groups (broad SMARTS) is 1. The maximum Gasteiger partial charge on any atom is 0.407 e. The lowest BCUT2D eigenvalue weighted by Crippen LogP contribution is -2.66. The zero-order valence-corrected chi connectivity index (χ0v) is 41.5. The van der Waals surface area contributed by atoms with Crippen LogP contribution < -0.4 is 25.7 Å². The first-order valence-electron chi connectivity index (χ1n) is 23.5. The van der Waals surface area contributed by atoms with Crippen molar-refractivity contribution in [1.82, 2.24) is 20.4 Å². The van der Waals surface area contributed by atoms with Crippen LogP contribution in [0.2, 0.25) is 5.04 Å². The highest BCUT2D eigenvalue weighted by atomic mass is 28.4. The van der Waals surface area contributed by atoms with Gasteiger partial charge in [-0.2, -0.15) is 0 Å². The summed E-state index contributed by atoms with van der Waals surface area (Å²) in [6, 6.07) is 31.7. The van der Waals surface area contributed by atoms with E-state index in [2.05, 4.69) is 86.0 Å². The largest absolute Gasteiger partial charge is 0.491 e. The minimum atomic E-state index is -2.64. The fraction of sp³-hybridized carbons (Fsp3) is 0.472. The molecule has 3 N–H and O–H groups in total. The average Bonchev–Trinajstić information content (AvgIpc) is 3.31. The number of hydrogen-bond donors (Lipinski definition) is 3. The highest BCUT2D eigenvalue weighted by Crippen LogP contribution is 2.37. The van der Waals surface area contributed by atoms with Crippen molar-refractivity contribution < 1.29 is 42.9 Å². The lowest BCUT2D eigenvalue weighted by Gasteiger charge is -2.43. The van der Waals surface area contributed by atoms with Crippen molar-refractivity contribution in [2.45, 2.75) is 110 Å². The van der Waals surface area contributed by atoms with Crippen LogP contribution in [0.3, 0.4) is 0 Å². The van der Waals surface area contributed by atoms with Crippen LogP contribution in [0.5, 0.6) is 5.75 Å². The number of rotatable bonds is 19. The molecule has 0 saturated carbocycles. The van der Waals surface area contributed by atoms with E-state index in [0.717, 1.165) is 40.9 Å². The molecule has 0 spiro atoms. The molecule has 1 aliphatic heterocycles. The summed E-state index contributed by atoms with van der Waals surface area (Å²) in [6.45, 7) is 16.1. The molecule has 0 bridgehead atoms. The van der Waals surface area contributed by atoms with E-state index in [4.69, 9.17) is 18.6 Å². The lowest BCUT2D eigenvalue weighted by atomic mass is 9.83.